The van der Waals surface area contributed by atoms with Gasteiger partial charge in [0.2, 0.25) is 0 Å². The Labute approximate surface area is 158 Å². The molecule has 0 bridgehead atoms. The topological polar surface area (TPSA) is 72.5 Å². The average Bonchev–Trinajstić information content (AvgIpc) is 2.68. The Kier molecular flexibility index (Phi) is 6.90. The van der Waals surface area contributed by atoms with Gasteiger partial charge in [0.1, 0.15) is 23.9 Å². The Morgan fingerprint density at radius 1 is 0.926 bits per heavy atom. The molecule has 0 fully saturated rings. The van der Waals surface area contributed by atoms with Crippen molar-refractivity contribution in [2.45, 2.75) is 6.92 Å². The van der Waals surface area contributed by atoms with Crippen LogP contribution >= 0.6 is 0 Å². The molecule has 2 aromatic rings. The molecule has 2 rings (SSSR count). The van der Waals surface area contributed by atoms with Crippen molar-refractivity contribution in [3.8, 4) is 28.7 Å². The fourth-order valence-electron chi connectivity index (χ4n) is 2.79. The highest BCUT2D eigenvalue weighted by atomic mass is 16.7. The van der Waals surface area contributed by atoms with Gasteiger partial charge in [0, 0.05) is 13.2 Å². The zero-order valence-electron chi connectivity index (χ0n) is 16.2. The summed E-state index contributed by atoms with van der Waals surface area (Å²) in [5.41, 5.74) is 0.337. The minimum atomic E-state index is -0.191. The van der Waals surface area contributed by atoms with E-state index in [2.05, 4.69) is 6.58 Å². The predicted molar refractivity (Wildman–Crippen MR) is 102 cm³/mol. The SMILES string of the molecule is C=CCOc1cc(C(C)=O)c(OCOC)c2c(OC)cc(OC)c(OC)c12. The number of carbonyl (C=O) groups is 1. The second-order valence-corrected chi connectivity index (χ2v) is 5.52. The number of rotatable bonds is 10. The lowest BCUT2D eigenvalue weighted by Crippen LogP contribution is -2.08. The molecule has 0 radical (unpaired) electrons. The van der Waals surface area contributed by atoms with Crippen LogP contribution in [0.15, 0.2) is 24.8 Å². The van der Waals surface area contributed by atoms with Crippen LogP contribution in [-0.2, 0) is 4.74 Å². The van der Waals surface area contributed by atoms with E-state index in [1.165, 1.54) is 35.4 Å². The van der Waals surface area contributed by atoms with E-state index in [1.54, 1.807) is 18.2 Å². The molecule has 0 aromatic heterocycles. The normalized spacial score (nSPS) is 10.4. The fourth-order valence-corrected chi connectivity index (χ4v) is 2.79. The van der Waals surface area contributed by atoms with Gasteiger partial charge in [-0.1, -0.05) is 12.7 Å². The van der Waals surface area contributed by atoms with Crippen LogP contribution in [0.2, 0.25) is 0 Å². The quantitative estimate of drug-likeness (QED) is 0.356. The first-order valence-electron chi connectivity index (χ1n) is 8.19. The third-order valence-electron chi connectivity index (χ3n) is 3.90. The van der Waals surface area contributed by atoms with Crippen molar-refractivity contribution in [1.29, 1.82) is 0 Å². The van der Waals surface area contributed by atoms with E-state index < -0.39 is 0 Å². The number of hydrogen-bond acceptors (Lipinski definition) is 7. The fraction of sp³-hybridized carbons (Fsp3) is 0.350. The van der Waals surface area contributed by atoms with Crippen molar-refractivity contribution in [3.05, 3.63) is 30.4 Å². The molecule has 0 heterocycles. The van der Waals surface area contributed by atoms with Gasteiger partial charge in [0.15, 0.2) is 24.1 Å². The Morgan fingerprint density at radius 3 is 2.11 bits per heavy atom. The van der Waals surface area contributed by atoms with Crippen molar-refractivity contribution >= 4 is 16.6 Å². The van der Waals surface area contributed by atoms with E-state index in [0.717, 1.165) is 0 Å². The van der Waals surface area contributed by atoms with Crippen molar-refractivity contribution in [2.75, 3.05) is 41.8 Å². The summed E-state index contributed by atoms with van der Waals surface area (Å²) in [5.74, 6) is 1.89. The molecule has 0 spiro atoms. The molecule has 2 aromatic carbocycles. The van der Waals surface area contributed by atoms with Gasteiger partial charge in [-0.2, -0.15) is 0 Å². The van der Waals surface area contributed by atoms with Crippen LogP contribution in [-0.4, -0.2) is 47.6 Å². The smallest absolute Gasteiger partial charge is 0.188 e. The molecule has 0 N–H and O–H groups in total. The zero-order chi connectivity index (χ0) is 20.0. The zero-order valence-corrected chi connectivity index (χ0v) is 16.2. The molecule has 0 amide bonds. The Bertz CT molecular complexity index is 842. The highest BCUT2D eigenvalue weighted by Crippen LogP contribution is 2.50. The maximum Gasteiger partial charge on any atom is 0.188 e. The van der Waals surface area contributed by atoms with Gasteiger partial charge < -0.3 is 28.4 Å². The van der Waals surface area contributed by atoms with E-state index >= 15 is 0 Å². The van der Waals surface area contributed by atoms with E-state index in [0.29, 0.717) is 45.1 Å². The van der Waals surface area contributed by atoms with Crippen LogP contribution in [0.5, 0.6) is 28.7 Å². The molecule has 0 atom stereocenters. The third-order valence-corrected chi connectivity index (χ3v) is 3.90. The number of Topliss-reactive ketones (excluding diaryl/α,β-unsaturated/α-hetero) is 1. The monoisotopic (exact) mass is 376 g/mol. The molecule has 7 nitrogen and oxygen atoms in total. The van der Waals surface area contributed by atoms with Crippen LogP contribution in [0.4, 0.5) is 0 Å². The Balaban J connectivity index is 3.02. The van der Waals surface area contributed by atoms with Crippen LogP contribution in [0.3, 0.4) is 0 Å². The second-order valence-electron chi connectivity index (χ2n) is 5.52. The number of hydrogen-bond donors (Lipinski definition) is 0. The van der Waals surface area contributed by atoms with Gasteiger partial charge in [-0.3, -0.25) is 4.79 Å². The number of ether oxygens (including phenoxy) is 6. The number of fused-ring (bicyclic) bond motifs is 1. The van der Waals surface area contributed by atoms with Crippen molar-refractivity contribution in [3.63, 3.8) is 0 Å². The summed E-state index contributed by atoms with van der Waals surface area (Å²) in [6, 6.07) is 3.28. The lowest BCUT2D eigenvalue weighted by atomic mass is 9.99. The summed E-state index contributed by atoms with van der Waals surface area (Å²) in [4.78, 5) is 12.3. The molecule has 0 aliphatic carbocycles. The third kappa shape index (κ3) is 3.93. The molecule has 0 aliphatic rings. The Hall–Kier alpha value is -2.93. The minimum absolute atomic E-state index is 0.0419. The second kappa shape index (κ2) is 9.14. The van der Waals surface area contributed by atoms with E-state index in [9.17, 15) is 4.79 Å². The maximum absolute atomic E-state index is 12.3. The number of ketones is 1. The van der Waals surface area contributed by atoms with E-state index in [4.69, 9.17) is 28.4 Å². The van der Waals surface area contributed by atoms with Gasteiger partial charge >= 0.3 is 0 Å². The predicted octanol–water partition coefficient (Wildman–Crippen LogP) is 3.62. The van der Waals surface area contributed by atoms with Crippen molar-refractivity contribution in [1.82, 2.24) is 0 Å². The largest absolute Gasteiger partial charge is 0.496 e. The lowest BCUT2D eigenvalue weighted by molar-refractivity contribution is 0.0513. The molecule has 27 heavy (non-hydrogen) atoms. The lowest BCUT2D eigenvalue weighted by Gasteiger charge is -2.21. The summed E-state index contributed by atoms with van der Waals surface area (Å²) < 4.78 is 33.1. The maximum atomic E-state index is 12.3. The van der Waals surface area contributed by atoms with Crippen LogP contribution < -0.4 is 23.7 Å². The summed E-state index contributed by atoms with van der Waals surface area (Å²) in [5, 5.41) is 1.09. The van der Waals surface area contributed by atoms with Gasteiger partial charge in [-0.05, 0) is 13.0 Å². The summed E-state index contributed by atoms with van der Waals surface area (Å²) in [6.45, 7) is 5.32. The van der Waals surface area contributed by atoms with Crippen LogP contribution in [0.25, 0.3) is 10.8 Å². The first-order chi connectivity index (χ1) is 13.0. The Morgan fingerprint density at radius 2 is 1.59 bits per heavy atom. The first-order valence-corrected chi connectivity index (χ1v) is 8.19. The van der Waals surface area contributed by atoms with Gasteiger partial charge in [-0.25, -0.2) is 0 Å². The number of carbonyl (C=O) groups excluding carboxylic acids is 1. The van der Waals surface area contributed by atoms with Gasteiger partial charge in [0.05, 0.1) is 37.7 Å². The highest BCUT2D eigenvalue weighted by molar-refractivity contribution is 6.10. The number of methoxy groups -OCH3 is 4. The molecule has 0 unspecified atom stereocenters. The summed E-state index contributed by atoms with van der Waals surface area (Å²) in [6.07, 6.45) is 1.61. The molecular formula is C20H24O7. The molecule has 0 aliphatic heterocycles. The van der Waals surface area contributed by atoms with Gasteiger partial charge in [-0.15, -0.1) is 0 Å². The van der Waals surface area contributed by atoms with Crippen LogP contribution in [0, 0.1) is 0 Å². The summed E-state index contributed by atoms with van der Waals surface area (Å²) in [7, 11) is 6.07. The molecular weight excluding hydrogens is 352 g/mol. The highest BCUT2D eigenvalue weighted by Gasteiger charge is 2.26. The molecule has 0 saturated carbocycles. The molecule has 0 saturated heterocycles. The van der Waals surface area contributed by atoms with Crippen LogP contribution in [0.1, 0.15) is 17.3 Å². The van der Waals surface area contributed by atoms with E-state index in [-0.39, 0.29) is 19.2 Å². The standard InChI is InChI=1S/C20H24O7/c1-7-8-26-15-9-13(12(2)21)19(27-11-22-3)17-14(23-4)10-16(24-5)20(25-6)18(15)17/h7,9-10H,1,8,11H2,2-6H3. The number of benzene rings is 2. The van der Waals surface area contributed by atoms with Gasteiger partial charge in [0.25, 0.3) is 0 Å². The van der Waals surface area contributed by atoms with Crippen molar-refractivity contribution < 1.29 is 33.2 Å². The molecule has 146 valence electrons. The average molecular weight is 376 g/mol. The first kappa shape index (κ1) is 20.4. The molecule has 7 heteroatoms. The minimum Gasteiger partial charge on any atom is -0.496 e. The van der Waals surface area contributed by atoms with Crippen molar-refractivity contribution in [2.24, 2.45) is 0 Å². The summed E-state index contributed by atoms with van der Waals surface area (Å²) >= 11 is 0. The van der Waals surface area contributed by atoms with E-state index in [1.807, 2.05) is 0 Å².